The third kappa shape index (κ3) is 4.08. The van der Waals surface area contributed by atoms with Gasteiger partial charge >= 0.3 is 7.60 Å². The van der Waals surface area contributed by atoms with Gasteiger partial charge in [-0.2, -0.15) is 0 Å². The number of hydrogen-bond donors (Lipinski definition) is 1. The first-order chi connectivity index (χ1) is 7.85. The molecule has 0 saturated heterocycles. The molecule has 94 valence electrons. The molecule has 0 amide bonds. The normalized spacial score (nSPS) is 14.4. The quantitative estimate of drug-likeness (QED) is 0.649. The fourth-order valence-electron chi connectivity index (χ4n) is 1.55. The molecule has 0 aliphatic heterocycles. The van der Waals surface area contributed by atoms with Gasteiger partial charge in [0.25, 0.3) is 0 Å². The molecule has 1 unspecified atom stereocenters. The van der Waals surface area contributed by atoms with E-state index in [1.165, 1.54) is 0 Å². The van der Waals surface area contributed by atoms with Crippen LogP contribution in [0.2, 0.25) is 0 Å². The van der Waals surface area contributed by atoms with Crippen LogP contribution >= 0.6 is 7.60 Å². The molecule has 0 radical (unpaired) electrons. The van der Waals surface area contributed by atoms with E-state index in [2.05, 4.69) is 4.52 Å². The smallest absolute Gasteiger partial charge is 0.324 e. The maximum atomic E-state index is 11.9. The summed E-state index contributed by atoms with van der Waals surface area (Å²) in [7, 11) is -3.80. The monoisotopic (exact) mass is 256 g/mol. The number of carbonyl (C=O) groups excluding carboxylic acids is 1. The summed E-state index contributed by atoms with van der Waals surface area (Å²) in [6.45, 7) is 5.41. The average Bonchev–Trinajstić information content (AvgIpc) is 2.20. The van der Waals surface area contributed by atoms with E-state index < -0.39 is 13.8 Å². The summed E-state index contributed by atoms with van der Waals surface area (Å²) in [4.78, 5) is 21.3. The lowest BCUT2D eigenvalue weighted by Gasteiger charge is -2.11. The van der Waals surface area contributed by atoms with Crippen LogP contribution in [0.1, 0.15) is 28.4 Å². The van der Waals surface area contributed by atoms with Crippen molar-refractivity contribution in [1.29, 1.82) is 0 Å². The van der Waals surface area contributed by atoms with Crippen molar-refractivity contribution in [1.82, 2.24) is 0 Å². The van der Waals surface area contributed by atoms with Gasteiger partial charge in [-0.05, 0) is 32.4 Å². The Morgan fingerprint density at radius 2 is 2.06 bits per heavy atom. The largest absolute Gasteiger partial charge is 0.335 e. The molecule has 0 aromatic heterocycles. The van der Waals surface area contributed by atoms with Crippen molar-refractivity contribution in [2.75, 3.05) is 12.8 Å². The second kappa shape index (κ2) is 5.58. The Morgan fingerprint density at radius 1 is 1.41 bits per heavy atom. The lowest BCUT2D eigenvalue weighted by Crippen LogP contribution is -2.09. The molecule has 0 spiro atoms. The van der Waals surface area contributed by atoms with Crippen molar-refractivity contribution in [2.24, 2.45) is 0 Å². The van der Waals surface area contributed by atoms with Crippen LogP contribution in [0, 0.1) is 13.8 Å². The molecule has 5 heteroatoms. The van der Waals surface area contributed by atoms with Crippen molar-refractivity contribution in [2.45, 2.75) is 20.8 Å². The number of benzene rings is 1. The summed E-state index contributed by atoms with van der Waals surface area (Å²) in [5.74, 6) is -0.356. The van der Waals surface area contributed by atoms with Crippen LogP contribution in [0.15, 0.2) is 18.2 Å². The predicted octanol–water partition coefficient (Wildman–Crippen LogP) is 2.71. The molecule has 0 heterocycles. The Hall–Kier alpha value is -0.960. The molecule has 1 aromatic carbocycles. The Morgan fingerprint density at radius 3 is 2.65 bits per heavy atom. The number of rotatable bonds is 5. The summed E-state index contributed by atoms with van der Waals surface area (Å²) < 4.78 is 16.2. The topological polar surface area (TPSA) is 63.6 Å². The van der Waals surface area contributed by atoms with Crippen LogP contribution in [0.25, 0.3) is 0 Å². The minimum Gasteiger partial charge on any atom is -0.324 e. The number of aryl methyl sites for hydroxylation is 2. The van der Waals surface area contributed by atoms with E-state index >= 15 is 0 Å². The van der Waals surface area contributed by atoms with E-state index in [-0.39, 0.29) is 12.4 Å². The van der Waals surface area contributed by atoms with Crippen molar-refractivity contribution in [3.8, 4) is 0 Å². The zero-order valence-electron chi connectivity index (χ0n) is 10.3. The molecule has 1 aromatic rings. The van der Waals surface area contributed by atoms with Crippen LogP contribution < -0.4 is 0 Å². The van der Waals surface area contributed by atoms with E-state index in [0.717, 1.165) is 11.1 Å². The van der Waals surface area contributed by atoms with Crippen molar-refractivity contribution in [3.05, 3.63) is 34.9 Å². The third-order valence-corrected chi connectivity index (χ3v) is 3.72. The van der Waals surface area contributed by atoms with Crippen LogP contribution in [-0.2, 0) is 9.09 Å². The summed E-state index contributed by atoms with van der Waals surface area (Å²) in [6, 6.07) is 5.45. The van der Waals surface area contributed by atoms with Gasteiger partial charge in [0.05, 0.1) is 6.61 Å². The van der Waals surface area contributed by atoms with Gasteiger partial charge in [0.15, 0.2) is 5.78 Å². The molecule has 1 rings (SSSR count). The summed E-state index contributed by atoms with van der Waals surface area (Å²) in [5, 5.41) is 0. The maximum absolute atomic E-state index is 11.9. The summed E-state index contributed by atoms with van der Waals surface area (Å²) in [6.07, 6.45) is -0.467. The van der Waals surface area contributed by atoms with Gasteiger partial charge in [-0.25, -0.2) is 0 Å². The molecule has 1 N–H and O–H groups in total. The first-order valence-corrected chi connectivity index (χ1v) is 7.19. The van der Waals surface area contributed by atoms with E-state index in [9.17, 15) is 14.3 Å². The highest BCUT2D eigenvalue weighted by Crippen LogP contribution is 2.42. The zero-order chi connectivity index (χ0) is 13.1. The predicted molar refractivity (Wildman–Crippen MR) is 66.6 cm³/mol. The lowest BCUT2D eigenvalue weighted by molar-refractivity contribution is 0.101. The molecular formula is C12H17O4P. The van der Waals surface area contributed by atoms with Crippen molar-refractivity contribution < 1.29 is 18.8 Å². The van der Waals surface area contributed by atoms with Gasteiger partial charge in [-0.1, -0.05) is 17.7 Å². The van der Waals surface area contributed by atoms with Gasteiger partial charge in [-0.3, -0.25) is 9.36 Å². The first-order valence-electron chi connectivity index (χ1n) is 5.42. The Labute approximate surface area is 101 Å². The molecule has 0 aliphatic carbocycles. The molecule has 0 saturated carbocycles. The highest BCUT2D eigenvalue weighted by atomic mass is 31.2. The fraction of sp³-hybridized carbons (Fsp3) is 0.417. The number of hydrogen-bond acceptors (Lipinski definition) is 3. The molecule has 0 fully saturated rings. The van der Waals surface area contributed by atoms with Gasteiger partial charge in [0, 0.05) is 5.56 Å². The van der Waals surface area contributed by atoms with Gasteiger partial charge in [-0.15, -0.1) is 0 Å². The Bertz CT molecular complexity index is 468. The second-order valence-electron chi connectivity index (χ2n) is 3.95. The van der Waals surface area contributed by atoms with Crippen molar-refractivity contribution >= 4 is 13.4 Å². The molecule has 1 atom stereocenters. The minimum atomic E-state index is -3.80. The van der Waals surface area contributed by atoms with Crippen LogP contribution in [-0.4, -0.2) is 23.4 Å². The third-order valence-electron chi connectivity index (χ3n) is 2.37. The van der Waals surface area contributed by atoms with Crippen LogP contribution in [0.3, 0.4) is 0 Å². The SMILES string of the molecule is CCOP(=O)(O)CC(=O)c1cc(C)ccc1C. The van der Waals surface area contributed by atoms with E-state index in [4.69, 9.17) is 0 Å². The van der Waals surface area contributed by atoms with Gasteiger partial charge in [0.1, 0.15) is 6.16 Å². The highest BCUT2D eigenvalue weighted by molar-refractivity contribution is 7.53. The number of carbonyl (C=O) groups is 1. The Kier molecular flexibility index (Phi) is 4.63. The molecule has 17 heavy (non-hydrogen) atoms. The summed E-state index contributed by atoms with van der Waals surface area (Å²) in [5.41, 5.74) is 2.24. The number of Topliss-reactive ketones (excluding diaryl/α,β-unsaturated/α-hetero) is 1. The van der Waals surface area contributed by atoms with Crippen molar-refractivity contribution in [3.63, 3.8) is 0 Å². The molecular weight excluding hydrogens is 239 g/mol. The lowest BCUT2D eigenvalue weighted by atomic mass is 10.0. The zero-order valence-corrected chi connectivity index (χ0v) is 11.2. The minimum absolute atomic E-state index is 0.119. The van der Waals surface area contributed by atoms with Crippen LogP contribution in [0.4, 0.5) is 0 Å². The molecule has 0 bridgehead atoms. The van der Waals surface area contributed by atoms with E-state index in [0.29, 0.717) is 5.56 Å². The van der Waals surface area contributed by atoms with E-state index in [1.807, 2.05) is 19.1 Å². The fourth-order valence-corrected chi connectivity index (χ4v) is 2.58. The second-order valence-corrected chi connectivity index (χ2v) is 5.80. The average molecular weight is 256 g/mol. The first kappa shape index (κ1) is 14.1. The summed E-state index contributed by atoms with van der Waals surface area (Å²) >= 11 is 0. The maximum Gasteiger partial charge on any atom is 0.335 e. The Balaban J connectivity index is 2.90. The number of ketones is 1. The van der Waals surface area contributed by atoms with Gasteiger partial charge in [0.2, 0.25) is 0 Å². The molecule has 4 nitrogen and oxygen atoms in total. The van der Waals surface area contributed by atoms with Crippen LogP contribution in [0.5, 0.6) is 0 Å². The van der Waals surface area contributed by atoms with E-state index in [1.54, 1.807) is 19.9 Å². The van der Waals surface area contributed by atoms with Gasteiger partial charge < -0.3 is 9.42 Å². The molecule has 0 aliphatic rings. The standard InChI is InChI=1S/C12H17O4P/c1-4-16-17(14,15)8-12(13)11-7-9(2)5-6-10(11)3/h5-7H,4,8H2,1-3H3,(H,14,15). The highest BCUT2D eigenvalue weighted by Gasteiger charge is 2.24.